The van der Waals surface area contributed by atoms with Crippen molar-refractivity contribution in [3.8, 4) is 11.5 Å². The summed E-state index contributed by atoms with van der Waals surface area (Å²) >= 11 is 0. The van der Waals surface area contributed by atoms with Gasteiger partial charge in [0.05, 0.1) is 31.9 Å². The first-order valence-electron chi connectivity index (χ1n) is 8.26. The highest BCUT2D eigenvalue weighted by Gasteiger charge is 2.22. The molecular formula is C19H22N2O6S. The second-order valence-electron chi connectivity index (χ2n) is 5.99. The van der Waals surface area contributed by atoms with E-state index in [1.54, 1.807) is 30.3 Å². The Kier molecular flexibility index (Phi) is 6.63. The van der Waals surface area contributed by atoms with Gasteiger partial charge in [0.25, 0.3) is 0 Å². The van der Waals surface area contributed by atoms with Gasteiger partial charge >= 0.3 is 0 Å². The standard InChI is InChI=1S/C19H22N2O6S/c1-13(22)14-6-5-7-15(10-14)21(28(4,24)25)12-19(23)20-17-11-16(26-2)8-9-18(17)27-3/h5-11H,12H2,1-4H3,(H,20,23). The molecule has 2 aromatic rings. The third-order valence-corrected chi connectivity index (χ3v) is 5.05. The minimum Gasteiger partial charge on any atom is -0.497 e. The zero-order valence-electron chi connectivity index (χ0n) is 16.1. The van der Waals surface area contributed by atoms with E-state index >= 15 is 0 Å². The molecular weight excluding hydrogens is 384 g/mol. The van der Waals surface area contributed by atoms with Gasteiger partial charge in [-0.2, -0.15) is 0 Å². The van der Waals surface area contributed by atoms with Gasteiger partial charge in [-0.15, -0.1) is 0 Å². The van der Waals surface area contributed by atoms with Crippen LogP contribution in [0.15, 0.2) is 42.5 Å². The monoisotopic (exact) mass is 406 g/mol. The fourth-order valence-electron chi connectivity index (χ4n) is 2.51. The highest BCUT2D eigenvalue weighted by atomic mass is 32.2. The van der Waals surface area contributed by atoms with Gasteiger partial charge in [-0.3, -0.25) is 13.9 Å². The number of anilines is 2. The van der Waals surface area contributed by atoms with Gasteiger partial charge in [0.2, 0.25) is 15.9 Å². The smallest absolute Gasteiger partial charge is 0.245 e. The van der Waals surface area contributed by atoms with Gasteiger partial charge < -0.3 is 14.8 Å². The van der Waals surface area contributed by atoms with Crippen molar-refractivity contribution in [3.63, 3.8) is 0 Å². The molecule has 0 aromatic heterocycles. The number of ether oxygens (including phenoxy) is 2. The average Bonchev–Trinajstić information content (AvgIpc) is 2.65. The minimum atomic E-state index is -3.77. The minimum absolute atomic E-state index is 0.208. The number of rotatable bonds is 8. The number of nitrogens with one attached hydrogen (secondary N) is 1. The van der Waals surface area contributed by atoms with Crippen LogP contribution in [0.3, 0.4) is 0 Å². The summed E-state index contributed by atoms with van der Waals surface area (Å²) < 4.78 is 35.7. The third-order valence-electron chi connectivity index (χ3n) is 3.91. The zero-order valence-corrected chi connectivity index (χ0v) is 16.9. The van der Waals surface area contributed by atoms with Crippen molar-refractivity contribution in [2.75, 3.05) is 36.6 Å². The molecule has 2 aromatic carbocycles. The number of ketones is 1. The second kappa shape index (κ2) is 8.75. The predicted octanol–water partition coefficient (Wildman–Crippen LogP) is 2.31. The molecule has 0 aliphatic heterocycles. The summed E-state index contributed by atoms with van der Waals surface area (Å²) in [5.41, 5.74) is 0.918. The van der Waals surface area contributed by atoms with Crippen molar-refractivity contribution in [2.45, 2.75) is 6.92 Å². The number of amides is 1. The van der Waals surface area contributed by atoms with Crippen LogP contribution in [0.5, 0.6) is 11.5 Å². The Morgan fingerprint density at radius 3 is 2.36 bits per heavy atom. The molecule has 2 rings (SSSR count). The van der Waals surface area contributed by atoms with Crippen LogP contribution < -0.4 is 19.1 Å². The lowest BCUT2D eigenvalue weighted by molar-refractivity contribution is -0.114. The van der Waals surface area contributed by atoms with E-state index in [0.29, 0.717) is 22.7 Å². The van der Waals surface area contributed by atoms with Gasteiger partial charge in [-0.05, 0) is 31.2 Å². The van der Waals surface area contributed by atoms with Crippen LogP contribution >= 0.6 is 0 Å². The van der Waals surface area contributed by atoms with Crippen LogP contribution in [0, 0.1) is 0 Å². The van der Waals surface area contributed by atoms with Crippen LogP contribution in [-0.4, -0.2) is 47.1 Å². The van der Waals surface area contributed by atoms with E-state index in [-0.39, 0.29) is 11.5 Å². The second-order valence-corrected chi connectivity index (χ2v) is 7.90. The number of hydrogen-bond acceptors (Lipinski definition) is 6. The summed E-state index contributed by atoms with van der Waals surface area (Å²) in [4.78, 5) is 24.1. The molecule has 0 spiro atoms. The maximum Gasteiger partial charge on any atom is 0.245 e. The van der Waals surface area contributed by atoms with Crippen LogP contribution in [-0.2, 0) is 14.8 Å². The number of benzene rings is 2. The molecule has 0 saturated heterocycles. The van der Waals surface area contributed by atoms with E-state index in [1.807, 2.05) is 0 Å². The van der Waals surface area contributed by atoms with Crippen molar-refractivity contribution >= 4 is 33.1 Å². The molecule has 0 bridgehead atoms. The summed E-state index contributed by atoms with van der Waals surface area (Å²) in [6.45, 7) is 0.909. The molecule has 9 heteroatoms. The van der Waals surface area contributed by atoms with Gasteiger partial charge in [-0.25, -0.2) is 8.42 Å². The van der Waals surface area contributed by atoms with Crippen LogP contribution in [0.2, 0.25) is 0 Å². The summed E-state index contributed by atoms with van der Waals surface area (Å²) in [6.07, 6.45) is 0.993. The first-order valence-corrected chi connectivity index (χ1v) is 10.1. The summed E-state index contributed by atoms with van der Waals surface area (Å²) in [5.74, 6) is 0.120. The molecule has 1 amide bonds. The van der Waals surface area contributed by atoms with Crippen molar-refractivity contribution in [2.24, 2.45) is 0 Å². The number of nitrogens with zero attached hydrogens (tertiary/aromatic N) is 1. The van der Waals surface area contributed by atoms with Crippen molar-refractivity contribution in [3.05, 3.63) is 48.0 Å². The normalized spacial score (nSPS) is 10.9. The fraction of sp³-hybridized carbons (Fsp3) is 0.263. The highest BCUT2D eigenvalue weighted by molar-refractivity contribution is 7.92. The largest absolute Gasteiger partial charge is 0.497 e. The average molecular weight is 406 g/mol. The van der Waals surface area contributed by atoms with Crippen LogP contribution in [0.4, 0.5) is 11.4 Å². The Morgan fingerprint density at radius 2 is 1.79 bits per heavy atom. The van der Waals surface area contributed by atoms with Crippen molar-refractivity contribution < 1.29 is 27.5 Å². The number of sulfonamides is 1. The first kappa shape index (κ1) is 21.2. The van der Waals surface area contributed by atoms with Crippen molar-refractivity contribution in [1.29, 1.82) is 0 Å². The topological polar surface area (TPSA) is 102 Å². The first-order chi connectivity index (χ1) is 13.2. The van der Waals surface area contributed by atoms with E-state index in [1.165, 1.54) is 33.3 Å². The van der Waals surface area contributed by atoms with E-state index in [2.05, 4.69) is 5.32 Å². The number of hydrogen-bond donors (Lipinski definition) is 1. The molecule has 0 unspecified atom stereocenters. The zero-order chi connectivity index (χ0) is 20.9. The molecule has 0 atom stereocenters. The van der Waals surface area contributed by atoms with Crippen LogP contribution in [0.25, 0.3) is 0 Å². The van der Waals surface area contributed by atoms with Crippen LogP contribution in [0.1, 0.15) is 17.3 Å². The third kappa shape index (κ3) is 5.23. The van der Waals surface area contributed by atoms with E-state index < -0.39 is 22.5 Å². The Labute approximate surface area is 164 Å². The lowest BCUT2D eigenvalue weighted by atomic mass is 10.1. The Hall–Kier alpha value is -3.07. The molecule has 0 saturated carbocycles. The van der Waals surface area contributed by atoms with Gasteiger partial charge in [0.15, 0.2) is 5.78 Å². The molecule has 28 heavy (non-hydrogen) atoms. The molecule has 0 fully saturated rings. The maximum absolute atomic E-state index is 12.5. The molecule has 8 nitrogen and oxygen atoms in total. The predicted molar refractivity (Wildman–Crippen MR) is 107 cm³/mol. The van der Waals surface area contributed by atoms with Gasteiger partial charge in [-0.1, -0.05) is 12.1 Å². The molecule has 0 aliphatic rings. The lowest BCUT2D eigenvalue weighted by Crippen LogP contribution is -2.37. The molecule has 0 radical (unpaired) electrons. The summed E-state index contributed by atoms with van der Waals surface area (Å²) in [5, 5.41) is 2.63. The molecule has 1 N–H and O–H groups in total. The van der Waals surface area contributed by atoms with E-state index in [0.717, 1.165) is 10.6 Å². The molecule has 0 heterocycles. The summed E-state index contributed by atoms with van der Waals surface area (Å²) in [6, 6.07) is 11.0. The maximum atomic E-state index is 12.5. The summed E-state index contributed by atoms with van der Waals surface area (Å²) in [7, 11) is -0.832. The number of carbonyl (C=O) groups is 2. The van der Waals surface area contributed by atoms with Gasteiger partial charge in [0, 0.05) is 11.6 Å². The number of methoxy groups -OCH3 is 2. The number of carbonyl (C=O) groups excluding carboxylic acids is 2. The Morgan fingerprint density at radius 1 is 1.07 bits per heavy atom. The Bertz CT molecular complexity index is 988. The van der Waals surface area contributed by atoms with E-state index in [4.69, 9.17) is 9.47 Å². The number of Topliss-reactive ketones (excluding diaryl/α,β-unsaturated/α-hetero) is 1. The van der Waals surface area contributed by atoms with Gasteiger partial charge in [0.1, 0.15) is 18.0 Å². The SMILES string of the molecule is COc1ccc(OC)c(NC(=O)CN(c2cccc(C(C)=O)c2)S(C)(=O)=O)c1. The quantitative estimate of drug-likeness (QED) is 0.675. The molecule has 150 valence electrons. The van der Waals surface area contributed by atoms with E-state index in [9.17, 15) is 18.0 Å². The lowest BCUT2D eigenvalue weighted by Gasteiger charge is -2.22. The van der Waals surface area contributed by atoms with Crippen molar-refractivity contribution in [1.82, 2.24) is 0 Å². The Balaban J connectivity index is 2.30. The fourth-order valence-corrected chi connectivity index (χ4v) is 3.36. The molecule has 0 aliphatic carbocycles. The highest BCUT2D eigenvalue weighted by Crippen LogP contribution is 2.29.